The Labute approximate surface area is 125 Å². The van der Waals surface area contributed by atoms with Gasteiger partial charge in [0.05, 0.1) is 6.61 Å². The van der Waals surface area contributed by atoms with Gasteiger partial charge in [-0.2, -0.15) is 0 Å². The van der Waals surface area contributed by atoms with Gasteiger partial charge in [0.2, 0.25) is 0 Å². The van der Waals surface area contributed by atoms with Gasteiger partial charge in [0, 0.05) is 39.0 Å². The van der Waals surface area contributed by atoms with Crippen LogP contribution in [0, 0.1) is 0 Å². The molecule has 0 radical (unpaired) electrons. The van der Waals surface area contributed by atoms with E-state index in [-0.39, 0.29) is 0 Å². The van der Waals surface area contributed by atoms with Crippen molar-refractivity contribution in [3.05, 3.63) is 0 Å². The Hall–Kier alpha value is 0.0169. The van der Waals surface area contributed by atoms with Gasteiger partial charge >= 0.3 is 8.80 Å². The lowest BCUT2D eigenvalue weighted by Gasteiger charge is -2.28. The van der Waals surface area contributed by atoms with Crippen LogP contribution in [0.4, 0.5) is 0 Å². The van der Waals surface area contributed by atoms with Crippen LogP contribution in [0.25, 0.3) is 0 Å². The second kappa shape index (κ2) is 14.0. The predicted molar refractivity (Wildman–Crippen MR) is 83.8 cm³/mol. The molecule has 0 aromatic carbocycles. The van der Waals surface area contributed by atoms with Crippen LogP contribution in [0.1, 0.15) is 46.5 Å². The number of hydrogen-bond donors (Lipinski definition) is 1. The van der Waals surface area contributed by atoms with Gasteiger partial charge in [-0.05, 0) is 33.6 Å². The number of rotatable bonds is 15. The van der Waals surface area contributed by atoms with Gasteiger partial charge in [0.1, 0.15) is 0 Å². The van der Waals surface area contributed by atoms with E-state index >= 15 is 0 Å². The highest BCUT2D eigenvalue weighted by molar-refractivity contribution is 6.60. The van der Waals surface area contributed by atoms with E-state index in [1.165, 1.54) is 6.42 Å². The van der Waals surface area contributed by atoms with E-state index in [4.69, 9.17) is 23.7 Å². The van der Waals surface area contributed by atoms with Gasteiger partial charge in [0.15, 0.2) is 0 Å². The van der Waals surface area contributed by atoms with Crippen LogP contribution in [0.15, 0.2) is 0 Å². The van der Waals surface area contributed by atoms with Crippen LogP contribution in [0.2, 0.25) is 6.04 Å². The minimum absolute atomic E-state index is 0.602. The molecular formula is C14H33NO4Si. The molecular weight excluding hydrogens is 274 g/mol. The van der Waals surface area contributed by atoms with Crippen molar-refractivity contribution < 1.29 is 18.0 Å². The molecule has 0 spiro atoms. The minimum Gasteiger partial charge on any atom is -0.380 e. The standard InChI is InChI=1S/C14H33NO4Si/c1-4-17-20(18-5-2,19-6-3)14-10-8-7-9-12-16-13-11-15/h4-15H2,1-3H3. The average molecular weight is 308 g/mol. The molecule has 0 aromatic rings. The van der Waals surface area contributed by atoms with Crippen molar-refractivity contribution >= 4 is 8.80 Å². The smallest absolute Gasteiger partial charge is 0.380 e. The summed E-state index contributed by atoms with van der Waals surface area (Å²) in [5.74, 6) is 0. The van der Waals surface area contributed by atoms with E-state index in [1.54, 1.807) is 0 Å². The molecule has 0 amide bonds. The molecule has 0 aliphatic heterocycles. The maximum absolute atomic E-state index is 5.83. The van der Waals surface area contributed by atoms with Crippen LogP contribution < -0.4 is 5.73 Å². The monoisotopic (exact) mass is 307 g/mol. The van der Waals surface area contributed by atoms with Gasteiger partial charge in [-0.1, -0.05) is 12.8 Å². The van der Waals surface area contributed by atoms with Gasteiger partial charge in [0.25, 0.3) is 0 Å². The molecule has 0 aliphatic rings. The van der Waals surface area contributed by atoms with Crippen LogP contribution in [0.5, 0.6) is 0 Å². The van der Waals surface area contributed by atoms with Gasteiger partial charge in [-0.15, -0.1) is 0 Å². The zero-order valence-electron chi connectivity index (χ0n) is 13.5. The van der Waals surface area contributed by atoms with Crippen molar-refractivity contribution in [2.45, 2.75) is 52.5 Å². The summed E-state index contributed by atoms with van der Waals surface area (Å²) in [6.45, 7) is 10.0. The molecule has 2 N–H and O–H groups in total. The van der Waals surface area contributed by atoms with Gasteiger partial charge < -0.3 is 23.7 Å². The molecule has 0 unspecified atom stereocenters. The quantitative estimate of drug-likeness (QED) is 0.372. The number of unbranched alkanes of at least 4 members (excludes halogenated alkanes) is 3. The molecule has 0 atom stereocenters. The zero-order chi connectivity index (χ0) is 15.1. The fourth-order valence-electron chi connectivity index (χ4n) is 2.09. The number of ether oxygens (including phenoxy) is 1. The topological polar surface area (TPSA) is 62.9 Å². The molecule has 5 nitrogen and oxygen atoms in total. The zero-order valence-corrected chi connectivity index (χ0v) is 14.5. The Kier molecular flexibility index (Phi) is 14.0. The van der Waals surface area contributed by atoms with E-state index in [0.29, 0.717) is 33.0 Å². The SMILES string of the molecule is CCO[Si](CCCCCCOCCN)(OCC)OCC. The first kappa shape index (κ1) is 20.0. The second-order valence-corrected chi connectivity index (χ2v) is 7.28. The summed E-state index contributed by atoms with van der Waals surface area (Å²) in [6, 6.07) is 0.909. The summed E-state index contributed by atoms with van der Waals surface area (Å²) in [6.07, 6.45) is 4.50. The molecule has 0 rings (SSSR count). The van der Waals surface area contributed by atoms with Crippen LogP contribution in [0.3, 0.4) is 0 Å². The molecule has 0 fully saturated rings. The van der Waals surface area contributed by atoms with Crippen LogP contribution >= 0.6 is 0 Å². The van der Waals surface area contributed by atoms with E-state index in [1.807, 2.05) is 20.8 Å². The van der Waals surface area contributed by atoms with Crippen molar-refractivity contribution in [1.82, 2.24) is 0 Å². The molecule has 0 aromatic heterocycles. The Bertz CT molecular complexity index is 191. The van der Waals surface area contributed by atoms with Gasteiger partial charge in [-0.3, -0.25) is 0 Å². The third-order valence-corrected chi connectivity index (χ3v) is 6.03. The van der Waals surface area contributed by atoms with Crippen molar-refractivity contribution in [1.29, 1.82) is 0 Å². The Morgan fingerprint density at radius 3 is 1.80 bits per heavy atom. The second-order valence-electron chi connectivity index (χ2n) is 4.55. The minimum atomic E-state index is -2.42. The Balaban J connectivity index is 3.82. The van der Waals surface area contributed by atoms with E-state index in [0.717, 1.165) is 31.9 Å². The molecule has 0 aliphatic carbocycles. The number of nitrogens with two attached hydrogens (primary N) is 1. The highest BCUT2D eigenvalue weighted by atomic mass is 28.4. The summed E-state index contributed by atoms with van der Waals surface area (Å²) in [4.78, 5) is 0. The highest BCUT2D eigenvalue weighted by Crippen LogP contribution is 2.20. The third-order valence-electron chi connectivity index (χ3n) is 2.88. The lowest BCUT2D eigenvalue weighted by atomic mass is 10.2. The maximum Gasteiger partial charge on any atom is 0.500 e. The highest BCUT2D eigenvalue weighted by Gasteiger charge is 2.39. The van der Waals surface area contributed by atoms with E-state index in [9.17, 15) is 0 Å². The van der Waals surface area contributed by atoms with Gasteiger partial charge in [-0.25, -0.2) is 0 Å². The van der Waals surface area contributed by atoms with Crippen LogP contribution in [-0.2, 0) is 18.0 Å². The molecule has 122 valence electrons. The van der Waals surface area contributed by atoms with E-state index in [2.05, 4.69) is 0 Å². The normalized spacial score (nSPS) is 12.0. The summed E-state index contributed by atoms with van der Waals surface area (Å²) >= 11 is 0. The lowest BCUT2D eigenvalue weighted by Crippen LogP contribution is -2.45. The first-order valence-electron chi connectivity index (χ1n) is 7.94. The van der Waals surface area contributed by atoms with Crippen molar-refractivity contribution in [2.75, 3.05) is 39.6 Å². The van der Waals surface area contributed by atoms with Crippen molar-refractivity contribution in [3.8, 4) is 0 Å². The molecule has 0 heterocycles. The summed E-state index contributed by atoms with van der Waals surface area (Å²) in [5, 5.41) is 0. The summed E-state index contributed by atoms with van der Waals surface area (Å²) in [7, 11) is -2.42. The average Bonchev–Trinajstić information content (AvgIpc) is 2.43. The van der Waals surface area contributed by atoms with Crippen LogP contribution in [-0.4, -0.2) is 48.4 Å². The molecule has 0 saturated heterocycles. The van der Waals surface area contributed by atoms with E-state index < -0.39 is 8.80 Å². The first-order valence-corrected chi connectivity index (χ1v) is 9.87. The van der Waals surface area contributed by atoms with Crippen molar-refractivity contribution in [2.24, 2.45) is 5.73 Å². The molecule has 6 heteroatoms. The van der Waals surface area contributed by atoms with Crippen molar-refractivity contribution in [3.63, 3.8) is 0 Å². The predicted octanol–water partition coefficient (Wildman–Crippen LogP) is 2.57. The molecule has 0 saturated carbocycles. The first-order chi connectivity index (χ1) is 9.74. The Morgan fingerprint density at radius 2 is 1.30 bits per heavy atom. The molecule has 20 heavy (non-hydrogen) atoms. The molecule has 0 bridgehead atoms. The lowest BCUT2D eigenvalue weighted by molar-refractivity contribution is 0.0705. The Morgan fingerprint density at radius 1 is 0.750 bits per heavy atom. The number of hydrogen-bond acceptors (Lipinski definition) is 5. The fourth-order valence-corrected chi connectivity index (χ4v) is 4.77. The maximum atomic E-state index is 5.83. The fraction of sp³-hybridized carbons (Fsp3) is 1.00. The largest absolute Gasteiger partial charge is 0.500 e. The summed E-state index contributed by atoms with van der Waals surface area (Å²) in [5.41, 5.74) is 5.36. The third kappa shape index (κ3) is 9.85. The summed E-state index contributed by atoms with van der Waals surface area (Å²) < 4.78 is 22.8.